The smallest absolute Gasteiger partial charge is 0.00953 e. The quantitative estimate of drug-likeness (QED) is 0.713. The van der Waals surface area contributed by atoms with Crippen LogP contribution in [0.5, 0.6) is 0 Å². The van der Waals surface area contributed by atoms with Crippen LogP contribution in [0, 0.1) is 17.8 Å². The fraction of sp³-hybridized carbons (Fsp3) is 1.00. The molecule has 1 N–H and O–H groups in total. The van der Waals surface area contributed by atoms with Crippen LogP contribution in [0.2, 0.25) is 0 Å². The molecule has 0 amide bonds. The molecule has 96 valence electrons. The Balaban J connectivity index is 2.43. The van der Waals surface area contributed by atoms with E-state index in [-0.39, 0.29) is 0 Å². The lowest BCUT2D eigenvalue weighted by molar-refractivity contribution is 0.166. The zero-order chi connectivity index (χ0) is 12.0. The lowest BCUT2D eigenvalue weighted by Crippen LogP contribution is -2.39. The molecule has 0 aromatic rings. The topological polar surface area (TPSA) is 12.0 Å². The van der Waals surface area contributed by atoms with E-state index in [1.165, 1.54) is 38.5 Å². The number of nitrogens with one attached hydrogen (secondary N) is 1. The summed E-state index contributed by atoms with van der Waals surface area (Å²) in [5.74, 6) is 2.82. The summed E-state index contributed by atoms with van der Waals surface area (Å²) in [5.41, 5.74) is 0. The van der Waals surface area contributed by atoms with Crippen LogP contribution in [-0.4, -0.2) is 12.6 Å². The van der Waals surface area contributed by atoms with Gasteiger partial charge in [0.2, 0.25) is 0 Å². The van der Waals surface area contributed by atoms with Crippen molar-refractivity contribution in [1.29, 1.82) is 0 Å². The summed E-state index contributed by atoms with van der Waals surface area (Å²) in [6.45, 7) is 10.5. The first-order valence-electron chi connectivity index (χ1n) is 7.42. The van der Waals surface area contributed by atoms with Crippen LogP contribution in [0.3, 0.4) is 0 Å². The van der Waals surface area contributed by atoms with Gasteiger partial charge in [0.05, 0.1) is 0 Å². The average molecular weight is 225 g/mol. The molecule has 0 aromatic heterocycles. The highest BCUT2D eigenvalue weighted by Gasteiger charge is 2.29. The van der Waals surface area contributed by atoms with E-state index >= 15 is 0 Å². The zero-order valence-electron chi connectivity index (χ0n) is 11.8. The van der Waals surface area contributed by atoms with Gasteiger partial charge in [-0.25, -0.2) is 0 Å². The second kappa shape index (κ2) is 7.32. The molecule has 0 bridgehead atoms. The van der Waals surface area contributed by atoms with E-state index in [0.717, 1.165) is 30.3 Å². The molecule has 1 aliphatic carbocycles. The summed E-state index contributed by atoms with van der Waals surface area (Å²) in [4.78, 5) is 0. The van der Waals surface area contributed by atoms with E-state index in [1.54, 1.807) is 0 Å². The van der Waals surface area contributed by atoms with Crippen LogP contribution in [0.4, 0.5) is 0 Å². The minimum atomic E-state index is 0.792. The van der Waals surface area contributed by atoms with E-state index in [2.05, 4.69) is 33.0 Å². The maximum absolute atomic E-state index is 3.72. The number of unbranched alkanes of at least 4 members (excludes halogenated alkanes) is 1. The molecule has 1 fully saturated rings. The van der Waals surface area contributed by atoms with Gasteiger partial charge in [0.25, 0.3) is 0 Å². The van der Waals surface area contributed by atoms with Crippen molar-refractivity contribution < 1.29 is 0 Å². The largest absolute Gasteiger partial charge is 0.314 e. The Kier molecular flexibility index (Phi) is 6.41. The maximum Gasteiger partial charge on any atom is 0.00953 e. The Hall–Kier alpha value is -0.0400. The Bertz CT molecular complexity index is 176. The first kappa shape index (κ1) is 14.0. The molecule has 16 heavy (non-hydrogen) atoms. The zero-order valence-corrected chi connectivity index (χ0v) is 11.8. The number of hydrogen-bond acceptors (Lipinski definition) is 1. The SMILES string of the molecule is CCCCC(NCC)C1CCC(C)C(C)C1. The first-order valence-corrected chi connectivity index (χ1v) is 7.42. The Morgan fingerprint density at radius 1 is 1.12 bits per heavy atom. The molecule has 0 aliphatic heterocycles. The van der Waals surface area contributed by atoms with Gasteiger partial charge in [-0.2, -0.15) is 0 Å². The minimum absolute atomic E-state index is 0.792. The highest BCUT2D eigenvalue weighted by Crippen LogP contribution is 2.36. The second-order valence-electron chi connectivity index (χ2n) is 5.83. The van der Waals surface area contributed by atoms with Crippen molar-refractivity contribution >= 4 is 0 Å². The predicted molar refractivity (Wildman–Crippen MR) is 72.7 cm³/mol. The van der Waals surface area contributed by atoms with Crippen molar-refractivity contribution in [2.45, 2.75) is 72.3 Å². The van der Waals surface area contributed by atoms with Crippen molar-refractivity contribution in [3.05, 3.63) is 0 Å². The van der Waals surface area contributed by atoms with Gasteiger partial charge in [0.1, 0.15) is 0 Å². The van der Waals surface area contributed by atoms with Crippen LogP contribution >= 0.6 is 0 Å². The van der Waals surface area contributed by atoms with Gasteiger partial charge in [0.15, 0.2) is 0 Å². The molecule has 0 aromatic carbocycles. The van der Waals surface area contributed by atoms with Crippen molar-refractivity contribution in [1.82, 2.24) is 5.32 Å². The van der Waals surface area contributed by atoms with Crippen LogP contribution in [0.15, 0.2) is 0 Å². The molecule has 4 atom stereocenters. The molecule has 0 heterocycles. The van der Waals surface area contributed by atoms with Crippen molar-refractivity contribution in [2.75, 3.05) is 6.54 Å². The van der Waals surface area contributed by atoms with Crippen LogP contribution < -0.4 is 5.32 Å². The van der Waals surface area contributed by atoms with Gasteiger partial charge < -0.3 is 5.32 Å². The van der Waals surface area contributed by atoms with Gasteiger partial charge >= 0.3 is 0 Å². The monoisotopic (exact) mass is 225 g/mol. The minimum Gasteiger partial charge on any atom is -0.314 e. The average Bonchev–Trinajstić information content (AvgIpc) is 2.28. The van der Waals surface area contributed by atoms with Gasteiger partial charge in [-0.1, -0.05) is 47.0 Å². The highest BCUT2D eigenvalue weighted by molar-refractivity contribution is 4.83. The molecule has 1 nitrogen and oxygen atoms in total. The van der Waals surface area contributed by atoms with Crippen molar-refractivity contribution in [3.63, 3.8) is 0 Å². The molecular formula is C15H31N. The number of hydrogen-bond donors (Lipinski definition) is 1. The Morgan fingerprint density at radius 3 is 2.44 bits per heavy atom. The fourth-order valence-electron chi connectivity index (χ4n) is 3.15. The summed E-state index contributed by atoms with van der Waals surface area (Å²) in [6.07, 6.45) is 8.45. The van der Waals surface area contributed by atoms with Crippen LogP contribution in [0.1, 0.15) is 66.2 Å². The lowest BCUT2D eigenvalue weighted by atomic mass is 9.72. The molecule has 1 rings (SSSR count). The molecule has 1 aliphatic rings. The lowest BCUT2D eigenvalue weighted by Gasteiger charge is -2.37. The Morgan fingerprint density at radius 2 is 1.88 bits per heavy atom. The standard InChI is InChI=1S/C15H31N/c1-5-7-8-15(16-6-2)14-10-9-12(3)13(4)11-14/h12-16H,5-11H2,1-4H3. The number of rotatable bonds is 6. The van der Waals surface area contributed by atoms with Gasteiger partial charge in [-0.05, 0) is 43.6 Å². The highest BCUT2D eigenvalue weighted by atomic mass is 14.9. The van der Waals surface area contributed by atoms with E-state index < -0.39 is 0 Å². The van der Waals surface area contributed by atoms with E-state index in [9.17, 15) is 0 Å². The van der Waals surface area contributed by atoms with Gasteiger partial charge in [0, 0.05) is 6.04 Å². The third-order valence-corrected chi connectivity index (χ3v) is 4.54. The predicted octanol–water partition coefficient (Wildman–Crippen LogP) is 4.23. The van der Waals surface area contributed by atoms with E-state index in [0.29, 0.717) is 0 Å². The molecular weight excluding hydrogens is 194 g/mol. The van der Waals surface area contributed by atoms with Gasteiger partial charge in [-0.15, -0.1) is 0 Å². The maximum atomic E-state index is 3.72. The third kappa shape index (κ3) is 4.08. The van der Waals surface area contributed by atoms with Gasteiger partial charge in [-0.3, -0.25) is 0 Å². The normalized spacial score (nSPS) is 32.6. The second-order valence-corrected chi connectivity index (χ2v) is 5.83. The fourth-order valence-corrected chi connectivity index (χ4v) is 3.15. The first-order chi connectivity index (χ1) is 7.69. The molecule has 0 spiro atoms. The van der Waals surface area contributed by atoms with E-state index in [1.807, 2.05) is 0 Å². The molecule has 1 heteroatoms. The summed E-state index contributed by atoms with van der Waals surface area (Å²) in [5, 5.41) is 3.72. The third-order valence-electron chi connectivity index (χ3n) is 4.54. The molecule has 0 saturated heterocycles. The van der Waals surface area contributed by atoms with Crippen LogP contribution in [-0.2, 0) is 0 Å². The molecule has 0 radical (unpaired) electrons. The van der Waals surface area contributed by atoms with Crippen molar-refractivity contribution in [2.24, 2.45) is 17.8 Å². The summed E-state index contributed by atoms with van der Waals surface area (Å²) in [6, 6.07) is 0.792. The van der Waals surface area contributed by atoms with E-state index in [4.69, 9.17) is 0 Å². The molecule has 1 saturated carbocycles. The summed E-state index contributed by atoms with van der Waals surface area (Å²) in [7, 11) is 0. The van der Waals surface area contributed by atoms with Crippen LogP contribution in [0.25, 0.3) is 0 Å². The summed E-state index contributed by atoms with van der Waals surface area (Å²) < 4.78 is 0. The molecule has 4 unspecified atom stereocenters. The summed E-state index contributed by atoms with van der Waals surface area (Å²) >= 11 is 0. The van der Waals surface area contributed by atoms with Crippen molar-refractivity contribution in [3.8, 4) is 0 Å². The Labute approximate surface area is 102 Å².